The van der Waals surface area contributed by atoms with E-state index in [0.29, 0.717) is 4.77 Å². The van der Waals surface area contributed by atoms with Gasteiger partial charge in [-0.1, -0.05) is 30.3 Å². The Kier molecular flexibility index (Phi) is 4.17. The minimum Gasteiger partial charge on any atom is -0.335 e. The molecule has 1 aromatic heterocycles. The number of benzene rings is 1. The highest BCUT2D eigenvalue weighted by Gasteiger charge is 1.97. The van der Waals surface area contributed by atoms with Gasteiger partial charge in [-0.25, -0.2) is 0 Å². The lowest BCUT2D eigenvalue weighted by Crippen LogP contribution is -2.07. The zero-order valence-electron chi connectivity index (χ0n) is 9.10. The molecule has 2 rings (SSSR count). The first-order chi connectivity index (χ1) is 8.24. The van der Waals surface area contributed by atoms with Crippen molar-refractivity contribution in [2.45, 2.75) is 11.5 Å². The number of hydrogen-bond acceptors (Lipinski definition) is 3. The Morgan fingerprint density at radius 1 is 1.12 bits per heavy atom. The van der Waals surface area contributed by atoms with Crippen LogP contribution in [0, 0.1) is 4.77 Å². The van der Waals surface area contributed by atoms with Crippen LogP contribution in [0.1, 0.15) is 11.3 Å². The van der Waals surface area contributed by atoms with Crippen LogP contribution in [0.4, 0.5) is 0 Å². The number of aromatic amines is 2. The van der Waals surface area contributed by atoms with Crippen molar-refractivity contribution in [3.63, 3.8) is 0 Å². The van der Waals surface area contributed by atoms with Crippen molar-refractivity contribution >= 4 is 24.0 Å². The van der Waals surface area contributed by atoms with Crippen LogP contribution in [0.2, 0.25) is 0 Å². The zero-order valence-corrected chi connectivity index (χ0v) is 10.7. The number of rotatable bonds is 4. The summed E-state index contributed by atoms with van der Waals surface area (Å²) in [5, 5.41) is 0. The molecular formula is C12H12N2OS2. The van der Waals surface area contributed by atoms with E-state index in [1.165, 1.54) is 5.56 Å². The number of hydrogen-bond donors (Lipinski definition) is 2. The predicted molar refractivity (Wildman–Crippen MR) is 73.7 cm³/mol. The van der Waals surface area contributed by atoms with Crippen molar-refractivity contribution in [3.05, 3.63) is 62.8 Å². The summed E-state index contributed by atoms with van der Waals surface area (Å²) in [5.41, 5.74) is 1.99. The third-order valence-corrected chi connectivity index (χ3v) is 3.44. The molecule has 0 radical (unpaired) electrons. The smallest absolute Gasteiger partial charge is 0.251 e. The van der Waals surface area contributed by atoms with Crippen molar-refractivity contribution in [1.82, 2.24) is 9.97 Å². The average molecular weight is 264 g/mol. The first kappa shape index (κ1) is 12.1. The molecule has 0 atom stereocenters. The third kappa shape index (κ3) is 3.87. The fraction of sp³-hybridized carbons (Fsp3) is 0.167. The van der Waals surface area contributed by atoms with E-state index in [9.17, 15) is 4.79 Å². The Morgan fingerprint density at radius 3 is 2.59 bits per heavy atom. The minimum absolute atomic E-state index is 0.149. The first-order valence-electron chi connectivity index (χ1n) is 5.18. The molecule has 1 heterocycles. The van der Waals surface area contributed by atoms with Crippen LogP contribution < -0.4 is 5.56 Å². The van der Waals surface area contributed by atoms with Gasteiger partial charge in [-0.15, -0.1) is 0 Å². The minimum atomic E-state index is -0.149. The first-order valence-corrected chi connectivity index (χ1v) is 6.74. The molecule has 88 valence electrons. The lowest BCUT2D eigenvalue weighted by molar-refractivity contribution is 1.03. The van der Waals surface area contributed by atoms with Crippen LogP contribution in [0.5, 0.6) is 0 Å². The van der Waals surface area contributed by atoms with Crippen molar-refractivity contribution in [2.24, 2.45) is 0 Å². The molecule has 5 heteroatoms. The van der Waals surface area contributed by atoms with Crippen LogP contribution >= 0.6 is 24.0 Å². The normalized spacial score (nSPS) is 10.4. The van der Waals surface area contributed by atoms with Gasteiger partial charge in [0.05, 0.1) is 0 Å². The second-order valence-corrected chi connectivity index (χ2v) is 4.99. The highest BCUT2D eigenvalue weighted by molar-refractivity contribution is 7.97. The van der Waals surface area contributed by atoms with Gasteiger partial charge in [0, 0.05) is 23.3 Å². The van der Waals surface area contributed by atoms with Crippen LogP contribution in [0.3, 0.4) is 0 Å². The fourth-order valence-electron chi connectivity index (χ4n) is 1.45. The number of H-pyrrole nitrogens is 2. The summed E-state index contributed by atoms with van der Waals surface area (Å²) in [6, 6.07) is 11.8. The Bertz CT molecular complexity index is 561. The fourth-order valence-corrected chi connectivity index (χ4v) is 2.59. The second-order valence-electron chi connectivity index (χ2n) is 3.59. The number of nitrogens with one attached hydrogen (secondary N) is 2. The quantitative estimate of drug-likeness (QED) is 0.835. The molecule has 0 amide bonds. The molecule has 17 heavy (non-hydrogen) atoms. The largest absolute Gasteiger partial charge is 0.335 e. The Hall–Kier alpha value is -1.33. The SMILES string of the molecule is O=c1cc(CSCc2ccccc2)[nH]c(=S)[nH]1. The van der Waals surface area contributed by atoms with Gasteiger partial charge in [0.25, 0.3) is 5.56 Å². The maximum absolute atomic E-state index is 11.2. The van der Waals surface area contributed by atoms with Gasteiger partial charge < -0.3 is 4.98 Å². The predicted octanol–water partition coefficient (Wildman–Crippen LogP) is 2.87. The molecule has 3 nitrogen and oxygen atoms in total. The van der Waals surface area contributed by atoms with E-state index in [2.05, 4.69) is 22.1 Å². The molecule has 0 saturated carbocycles. The average Bonchev–Trinajstić information content (AvgIpc) is 2.29. The van der Waals surface area contributed by atoms with Gasteiger partial charge in [-0.3, -0.25) is 9.78 Å². The molecule has 0 bridgehead atoms. The second kappa shape index (κ2) is 5.84. The molecule has 0 unspecified atom stereocenters. The van der Waals surface area contributed by atoms with E-state index in [-0.39, 0.29) is 5.56 Å². The summed E-state index contributed by atoms with van der Waals surface area (Å²) in [6.07, 6.45) is 0. The van der Waals surface area contributed by atoms with Gasteiger partial charge >= 0.3 is 0 Å². The van der Waals surface area contributed by atoms with Crippen molar-refractivity contribution in [1.29, 1.82) is 0 Å². The standard InChI is InChI=1S/C12H12N2OS2/c15-11-6-10(13-12(16)14-11)8-17-7-9-4-2-1-3-5-9/h1-6H,7-8H2,(H2,13,14,15,16). The summed E-state index contributed by atoms with van der Waals surface area (Å²) in [6.45, 7) is 0. The Morgan fingerprint density at radius 2 is 1.88 bits per heavy atom. The van der Waals surface area contributed by atoms with Crippen molar-refractivity contribution < 1.29 is 0 Å². The highest BCUT2D eigenvalue weighted by Crippen LogP contribution is 2.15. The van der Waals surface area contributed by atoms with Crippen LogP contribution in [-0.4, -0.2) is 9.97 Å². The molecule has 0 spiro atoms. The lowest BCUT2D eigenvalue weighted by atomic mass is 10.2. The highest BCUT2D eigenvalue weighted by atomic mass is 32.2. The summed E-state index contributed by atoms with van der Waals surface area (Å²) in [7, 11) is 0. The van der Waals surface area contributed by atoms with E-state index < -0.39 is 0 Å². The number of thioether (sulfide) groups is 1. The molecule has 0 aliphatic rings. The molecule has 0 fully saturated rings. The monoisotopic (exact) mass is 264 g/mol. The maximum atomic E-state index is 11.2. The Labute approximate surface area is 108 Å². The summed E-state index contributed by atoms with van der Waals surface area (Å²) in [4.78, 5) is 16.7. The summed E-state index contributed by atoms with van der Waals surface area (Å²) in [5.74, 6) is 1.68. The van der Waals surface area contributed by atoms with E-state index in [4.69, 9.17) is 12.2 Å². The van der Waals surface area contributed by atoms with E-state index in [1.54, 1.807) is 17.8 Å². The van der Waals surface area contributed by atoms with Gasteiger partial charge in [-0.2, -0.15) is 11.8 Å². The molecule has 2 N–H and O–H groups in total. The van der Waals surface area contributed by atoms with E-state index >= 15 is 0 Å². The van der Waals surface area contributed by atoms with Crippen LogP contribution in [0.25, 0.3) is 0 Å². The topological polar surface area (TPSA) is 48.6 Å². The summed E-state index contributed by atoms with van der Waals surface area (Å²) >= 11 is 6.66. The van der Waals surface area contributed by atoms with Crippen LogP contribution in [0.15, 0.2) is 41.2 Å². The maximum Gasteiger partial charge on any atom is 0.251 e. The van der Waals surface area contributed by atoms with Gasteiger partial charge in [0.2, 0.25) is 0 Å². The lowest BCUT2D eigenvalue weighted by Gasteiger charge is -2.02. The molecule has 0 aliphatic carbocycles. The van der Waals surface area contributed by atoms with Crippen LogP contribution in [-0.2, 0) is 11.5 Å². The van der Waals surface area contributed by atoms with E-state index in [1.807, 2.05) is 18.2 Å². The molecule has 0 aliphatic heterocycles. The van der Waals surface area contributed by atoms with Gasteiger partial charge in [-0.05, 0) is 17.8 Å². The van der Waals surface area contributed by atoms with Crippen molar-refractivity contribution in [3.8, 4) is 0 Å². The molecule has 0 saturated heterocycles. The molecule has 2 aromatic rings. The third-order valence-electron chi connectivity index (χ3n) is 2.19. The van der Waals surface area contributed by atoms with Gasteiger partial charge in [0.15, 0.2) is 4.77 Å². The zero-order chi connectivity index (χ0) is 12.1. The molecular weight excluding hydrogens is 252 g/mol. The number of aromatic nitrogens is 2. The summed E-state index contributed by atoms with van der Waals surface area (Å²) < 4.78 is 0.382. The molecule has 1 aromatic carbocycles. The van der Waals surface area contributed by atoms with E-state index in [0.717, 1.165) is 17.2 Å². The van der Waals surface area contributed by atoms with Crippen molar-refractivity contribution in [2.75, 3.05) is 0 Å². The Balaban J connectivity index is 1.94. The van der Waals surface area contributed by atoms with Gasteiger partial charge in [0.1, 0.15) is 0 Å².